The molecule has 0 spiro atoms. The Labute approximate surface area is 263 Å². The van der Waals surface area contributed by atoms with Crippen LogP contribution in [0, 0.1) is 6.92 Å². The second-order valence-corrected chi connectivity index (χ2v) is 10.5. The first-order valence-electron chi connectivity index (χ1n) is 15.0. The lowest BCUT2D eigenvalue weighted by atomic mass is 10.1. The van der Waals surface area contributed by atoms with Crippen LogP contribution in [0.2, 0.25) is 0 Å². The molecular formula is C37H36N4O4. The number of nitrogens with zero attached hydrogens (tertiary/aromatic N) is 2. The standard InChI is InChI=1S/C37H36N4O4/c1-27-17-21-38-32(23-27)33-24-30(18-22-39-33)36(42)40-19-8-9-20-41-37(43)31-15-10-16-34(44-25-28-11-4-2-5-12-28)35(31)45-26-29-13-6-3-7-14-29/h2-7,10-18,21-24H,8-9,19-20,25-26H2,1H3,(H,40,42)(H,41,43). The molecule has 2 N–H and O–H groups in total. The number of aryl methyl sites for hydroxylation is 1. The maximum atomic E-state index is 13.3. The van der Waals surface area contributed by atoms with Crippen molar-refractivity contribution in [1.29, 1.82) is 0 Å². The van der Waals surface area contributed by atoms with Crippen LogP contribution in [-0.2, 0) is 13.2 Å². The Hall–Kier alpha value is -5.50. The number of carbonyl (C=O) groups excluding carboxylic acids is 2. The smallest absolute Gasteiger partial charge is 0.255 e. The van der Waals surface area contributed by atoms with Crippen molar-refractivity contribution in [3.8, 4) is 22.9 Å². The number of amides is 2. The maximum absolute atomic E-state index is 13.3. The van der Waals surface area contributed by atoms with Crippen molar-refractivity contribution >= 4 is 11.8 Å². The van der Waals surface area contributed by atoms with Gasteiger partial charge in [0, 0.05) is 31.0 Å². The topological polar surface area (TPSA) is 102 Å². The van der Waals surface area contributed by atoms with E-state index in [1.807, 2.05) is 85.8 Å². The minimum atomic E-state index is -0.249. The normalized spacial score (nSPS) is 10.6. The van der Waals surface area contributed by atoms with E-state index in [9.17, 15) is 9.59 Å². The number of carbonyl (C=O) groups is 2. The summed E-state index contributed by atoms with van der Waals surface area (Å²) in [5.74, 6) is 0.478. The highest BCUT2D eigenvalue weighted by Crippen LogP contribution is 2.33. The molecule has 228 valence electrons. The molecule has 0 aliphatic rings. The van der Waals surface area contributed by atoms with E-state index >= 15 is 0 Å². The van der Waals surface area contributed by atoms with Gasteiger partial charge in [-0.25, -0.2) is 0 Å². The molecule has 0 fully saturated rings. The third-order valence-electron chi connectivity index (χ3n) is 7.06. The molecule has 8 nitrogen and oxygen atoms in total. The molecule has 0 unspecified atom stereocenters. The van der Waals surface area contributed by atoms with E-state index in [-0.39, 0.29) is 11.8 Å². The van der Waals surface area contributed by atoms with Crippen molar-refractivity contribution in [3.63, 3.8) is 0 Å². The van der Waals surface area contributed by atoms with Gasteiger partial charge >= 0.3 is 0 Å². The highest BCUT2D eigenvalue weighted by Gasteiger charge is 2.18. The average molecular weight is 601 g/mol. The van der Waals surface area contributed by atoms with E-state index in [0.717, 1.165) is 22.4 Å². The summed E-state index contributed by atoms with van der Waals surface area (Å²) in [5.41, 5.74) is 5.37. The van der Waals surface area contributed by atoms with E-state index in [2.05, 4.69) is 20.6 Å². The van der Waals surface area contributed by atoms with Crippen molar-refractivity contribution < 1.29 is 19.1 Å². The Morgan fingerprint density at radius 2 is 1.24 bits per heavy atom. The van der Waals surface area contributed by atoms with Gasteiger partial charge in [0.05, 0.1) is 17.0 Å². The largest absolute Gasteiger partial charge is 0.485 e. The molecule has 0 saturated heterocycles. The molecule has 2 heterocycles. The maximum Gasteiger partial charge on any atom is 0.255 e. The molecular weight excluding hydrogens is 564 g/mol. The van der Waals surface area contributed by atoms with Crippen LogP contribution in [0.3, 0.4) is 0 Å². The Bertz CT molecular complexity index is 1710. The van der Waals surface area contributed by atoms with Crippen LogP contribution in [-0.4, -0.2) is 34.9 Å². The van der Waals surface area contributed by atoms with Crippen molar-refractivity contribution in [2.45, 2.75) is 33.0 Å². The van der Waals surface area contributed by atoms with Gasteiger partial charge in [0.2, 0.25) is 0 Å². The monoisotopic (exact) mass is 600 g/mol. The van der Waals surface area contributed by atoms with Crippen molar-refractivity contribution in [3.05, 3.63) is 143 Å². The van der Waals surface area contributed by atoms with E-state index in [0.29, 0.717) is 67.5 Å². The Morgan fingerprint density at radius 1 is 0.644 bits per heavy atom. The number of para-hydroxylation sites is 1. The minimum Gasteiger partial charge on any atom is -0.485 e. The van der Waals surface area contributed by atoms with Crippen LogP contribution in [0.25, 0.3) is 11.4 Å². The lowest BCUT2D eigenvalue weighted by Crippen LogP contribution is -2.27. The third kappa shape index (κ3) is 9.00. The molecule has 0 aliphatic carbocycles. The second kappa shape index (κ2) is 15.8. The molecule has 5 aromatic rings. The zero-order valence-electron chi connectivity index (χ0n) is 25.2. The fraction of sp³-hybridized carbons (Fsp3) is 0.189. The number of ether oxygens (including phenoxy) is 2. The number of hydrogen-bond acceptors (Lipinski definition) is 6. The van der Waals surface area contributed by atoms with Gasteiger partial charge in [-0.05, 0) is 72.9 Å². The highest BCUT2D eigenvalue weighted by atomic mass is 16.5. The molecule has 45 heavy (non-hydrogen) atoms. The summed E-state index contributed by atoms with van der Waals surface area (Å²) in [6, 6.07) is 32.3. The van der Waals surface area contributed by atoms with Crippen LogP contribution >= 0.6 is 0 Å². The molecule has 0 saturated carbocycles. The molecule has 0 radical (unpaired) electrons. The highest BCUT2D eigenvalue weighted by molar-refractivity contribution is 5.98. The first kappa shape index (κ1) is 30.9. The summed E-state index contributed by atoms with van der Waals surface area (Å²) in [7, 11) is 0. The Morgan fingerprint density at radius 3 is 1.91 bits per heavy atom. The lowest BCUT2D eigenvalue weighted by molar-refractivity contribution is 0.0936. The molecule has 0 aliphatic heterocycles. The van der Waals surface area contributed by atoms with Crippen LogP contribution in [0.5, 0.6) is 11.5 Å². The zero-order chi connectivity index (χ0) is 31.3. The van der Waals surface area contributed by atoms with Gasteiger partial charge in [0.15, 0.2) is 11.5 Å². The number of unbranched alkanes of at least 4 members (excludes halogenated alkanes) is 1. The lowest BCUT2D eigenvalue weighted by Gasteiger charge is -2.17. The Balaban J connectivity index is 1.14. The van der Waals surface area contributed by atoms with Gasteiger partial charge in [-0.1, -0.05) is 66.7 Å². The van der Waals surface area contributed by atoms with Crippen molar-refractivity contribution in [2.75, 3.05) is 13.1 Å². The van der Waals surface area contributed by atoms with Crippen molar-refractivity contribution in [1.82, 2.24) is 20.6 Å². The summed E-state index contributed by atoms with van der Waals surface area (Å²) in [5, 5.41) is 5.93. The van der Waals surface area contributed by atoms with Gasteiger partial charge in [0.1, 0.15) is 13.2 Å². The third-order valence-corrected chi connectivity index (χ3v) is 7.06. The van der Waals surface area contributed by atoms with Crippen LogP contribution in [0.4, 0.5) is 0 Å². The van der Waals surface area contributed by atoms with Gasteiger partial charge in [-0.2, -0.15) is 0 Å². The molecule has 0 bridgehead atoms. The van der Waals surface area contributed by atoms with Crippen LogP contribution in [0.1, 0.15) is 50.2 Å². The van der Waals surface area contributed by atoms with E-state index in [1.165, 1.54) is 0 Å². The summed E-state index contributed by atoms with van der Waals surface area (Å²) in [4.78, 5) is 34.7. The van der Waals surface area contributed by atoms with E-state index < -0.39 is 0 Å². The number of aromatic nitrogens is 2. The van der Waals surface area contributed by atoms with Gasteiger partial charge in [-0.15, -0.1) is 0 Å². The summed E-state index contributed by atoms with van der Waals surface area (Å²) in [6.07, 6.45) is 4.72. The molecule has 5 rings (SSSR count). The van der Waals surface area contributed by atoms with Crippen molar-refractivity contribution in [2.24, 2.45) is 0 Å². The van der Waals surface area contributed by atoms with Gasteiger partial charge in [-0.3, -0.25) is 19.6 Å². The van der Waals surface area contributed by atoms with Crippen LogP contribution < -0.4 is 20.1 Å². The number of hydrogen-bond donors (Lipinski definition) is 2. The predicted octanol–water partition coefficient (Wildman–Crippen LogP) is 6.55. The van der Waals surface area contributed by atoms with E-state index in [4.69, 9.17) is 9.47 Å². The number of nitrogens with one attached hydrogen (secondary N) is 2. The van der Waals surface area contributed by atoms with Crippen LogP contribution in [0.15, 0.2) is 116 Å². The molecule has 0 atom stereocenters. The molecule has 8 heteroatoms. The first-order chi connectivity index (χ1) is 22.1. The summed E-state index contributed by atoms with van der Waals surface area (Å²) >= 11 is 0. The summed E-state index contributed by atoms with van der Waals surface area (Å²) in [6.45, 7) is 3.56. The fourth-order valence-corrected chi connectivity index (χ4v) is 4.66. The van der Waals surface area contributed by atoms with Gasteiger partial charge < -0.3 is 20.1 Å². The number of benzene rings is 3. The molecule has 3 aromatic carbocycles. The molecule has 2 amide bonds. The minimum absolute atomic E-state index is 0.178. The predicted molar refractivity (Wildman–Crippen MR) is 174 cm³/mol. The zero-order valence-corrected chi connectivity index (χ0v) is 25.2. The van der Waals surface area contributed by atoms with E-state index in [1.54, 1.807) is 36.7 Å². The fourth-order valence-electron chi connectivity index (χ4n) is 4.66. The number of rotatable bonds is 14. The average Bonchev–Trinajstić information content (AvgIpc) is 3.08. The molecule has 2 aromatic heterocycles. The Kier molecular flexibility index (Phi) is 10.9. The van der Waals surface area contributed by atoms with Gasteiger partial charge in [0.25, 0.3) is 11.8 Å². The summed E-state index contributed by atoms with van der Waals surface area (Å²) < 4.78 is 12.3. The quantitative estimate of drug-likeness (QED) is 0.140. The SMILES string of the molecule is Cc1ccnc(-c2cc(C(=O)NCCCCNC(=O)c3cccc(OCc4ccccc4)c3OCc3ccccc3)ccn2)c1. The first-order valence-corrected chi connectivity index (χ1v) is 15.0. The number of pyridine rings is 2. The second-order valence-electron chi connectivity index (χ2n) is 10.5.